The fourth-order valence-electron chi connectivity index (χ4n) is 1.95. The highest BCUT2D eigenvalue weighted by Gasteiger charge is 2.31. The maximum atomic E-state index is 12.0. The zero-order chi connectivity index (χ0) is 12.1. The van der Waals surface area contributed by atoms with Crippen molar-refractivity contribution in [2.75, 3.05) is 19.7 Å². The molecule has 0 aromatic rings. The Balaban J connectivity index is 2.56. The van der Waals surface area contributed by atoms with Gasteiger partial charge in [0.2, 0.25) is 5.91 Å². The summed E-state index contributed by atoms with van der Waals surface area (Å²) in [5.41, 5.74) is 0. The van der Waals surface area contributed by atoms with E-state index in [1.807, 2.05) is 13.8 Å². The number of rotatable bonds is 5. The predicted octanol–water partition coefficient (Wildman–Crippen LogP) is 0.735. The molecule has 5 nitrogen and oxygen atoms in total. The lowest BCUT2D eigenvalue weighted by atomic mass is 10.0. The number of carbonyl (C=O) groups is 2. The summed E-state index contributed by atoms with van der Waals surface area (Å²) in [7, 11) is 0. The molecule has 1 saturated heterocycles. The molecule has 1 heterocycles. The molecule has 0 aromatic heterocycles. The lowest BCUT2D eigenvalue weighted by Crippen LogP contribution is -2.40. The van der Waals surface area contributed by atoms with E-state index in [-0.39, 0.29) is 24.5 Å². The van der Waals surface area contributed by atoms with Crippen molar-refractivity contribution in [2.24, 2.45) is 5.92 Å². The Kier molecular flexibility index (Phi) is 4.73. The number of carboxylic acid groups (broad SMARTS) is 1. The van der Waals surface area contributed by atoms with Gasteiger partial charge in [-0.3, -0.25) is 9.59 Å². The van der Waals surface area contributed by atoms with Crippen LogP contribution in [-0.4, -0.2) is 47.7 Å². The monoisotopic (exact) mass is 229 g/mol. The van der Waals surface area contributed by atoms with Crippen LogP contribution in [0.15, 0.2) is 0 Å². The highest BCUT2D eigenvalue weighted by atomic mass is 16.5. The minimum absolute atomic E-state index is 0.0893. The third-order valence-electron chi connectivity index (χ3n) is 2.68. The normalized spacial score (nSPS) is 24.4. The van der Waals surface area contributed by atoms with Crippen molar-refractivity contribution in [3.8, 4) is 0 Å². The first-order valence-corrected chi connectivity index (χ1v) is 5.66. The topological polar surface area (TPSA) is 66.8 Å². The Labute approximate surface area is 95.4 Å². The van der Waals surface area contributed by atoms with Gasteiger partial charge in [0.15, 0.2) is 0 Å². The summed E-state index contributed by atoms with van der Waals surface area (Å²) in [5, 5.41) is 8.73. The van der Waals surface area contributed by atoms with Crippen LogP contribution in [0.4, 0.5) is 0 Å². The van der Waals surface area contributed by atoms with E-state index in [0.717, 1.165) is 6.42 Å². The summed E-state index contributed by atoms with van der Waals surface area (Å²) in [6.45, 7) is 4.55. The van der Waals surface area contributed by atoms with E-state index in [1.54, 1.807) is 0 Å². The SMILES string of the molecule is CCCN(CC(=O)O)C(=O)C1COC(C)C1. The average molecular weight is 229 g/mol. The van der Waals surface area contributed by atoms with Crippen molar-refractivity contribution < 1.29 is 19.4 Å². The molecule has 1 N–H and O–H groups in total. The van der Waals surface area contributed by atoms with Crippen LogP contribution in [0.1, 0.15) is 26.7 Å². The molecule has 1 amide bonds. The summed E-state index contributed by atoms with van der Waals surface area (Å²) in [6.07, 6.45) is 1.56. The number of hydrogen-bond donors (Lipinski definition) is 1. The molecule has 0 aromatic carbocycles. The van der Waals surface area contributed by atoms with Crippen LogP contribution in [0, 0.1) is 5.92 Å². The Bertz CT molecular complexity index is 267. The molecule has 2 unspecified atom stereocenters. The lowest BCUT2D eigenvalue weighted by Gasteiger charge is -2.22. The number of carboxylic acids is 1. The van der Waals surface area contributed by atoms with Crippen molar-refractivity contribution >= 4 is 11.9 Å². The molecule has 0 bridgehead atoms. The number of amides is 1. The fourth-order valence-corrected chi connectivity index (χ4v) is 1.95. The van der Waals surface area contributed by atoms with Crippen LogP contribution in [0.2, 0.25) is 0 Å². The maximum absolute atomic E-state index is 12.0. The zero-order valence-electron chi connectivity index (χ0n) is 9.81. The lowest BCUT2D eigenvalue weighted by molar-refractivity contribution is -0.146. The van der Waals surface area contributed by atoms with E-state index in [2.05, 4.69) is 0 Å². The molecule has 0 saturated carbocycles. The van der Waals surface area contributed by atoms with E-state index in [0.29, 0.717) is 19.6 Å². The van der Waals surface area contributed by atoms with Gasteiger partial charge in [-0.2, -0.15) is 0 Å². The highest BCUT2D eigenvalue weighted by Crippen LogP contribution is 2.21. The minimum atomic E-state index is -0.964. The molecule has 92 valence electrons. The van der Waals surface area contributed by atoms with Gasteiger partial charge in [0.05, 0.1) is 18.6 Å². The number of nitrogens with zero attached hydrogens (tertiary/aromatic N) is 1. The molecule has 1 rings (SSSR count). The smallest absolute Gasteiger partial charge is 0.323 e. The first-order valence-electron chi connectivity index (χ1n) is 5.66. The second kappa shape index (κ2) is 5.84. The molecule has 2 atom stereocenters. The summed E-state index contributed by atoms with van der Waals surface area (Å²) in [6, 6.07) is 0. The maximum Gasteiger partial charge on any atom is 0.323 e. The predicted molar refractivity (Wildman–Crippen MR) is 58.0 cm³/mol. The van der Waals surface area contributed by atoms with Crippen molar-refractivity contribution in [3.63, 3.8) is 0 Å². The minimum Gasteiger partial charge on any atom is -0.480 e. The van der Waals surface area contributed by atoms with Gasteiger partial charge in [0, 0.05) is 6.54 Å². The van der Waals surface area contributed by atoms with Gasteiger partial charge >= 0.3 is 5.97 Å². The largest absolute Gasteiger partial charge is 0.480 e. The zero-order valence-corrected chi connectivity index (χ0v) is 9.81. The van der Waals surface area contributed by atoms with Gasteiger partial charge in [0.1, 0.15) is 6.54 Å². The molecule has 1 aliphatic rings. The van der Waals surface area contributed by atoms with Gasteiger partial charge in [-0.1, -0.05) is 6.92 Å². The first kappa shape index (κ1) is 13.0. The van der Waals surface area contributed by atoms with Gasteiger partial charge in [-0.15, -0.1) is 0 Å². The fraction of sp³-hybridized carbons (Fsp3) is 0.818. The average Bonchev–Trinajstić information content (AvgIpc) is 2.62. The van der Waals surface area contributed by atoms with Crippen LogP contribution >= 0.6 is 0 Å². The van der Waals surface area contributed by atoms with E-state index < -0.39 is 5.97 Å². The van der Waals surface area contributed by atoms with Crippen molar-refractivity contribution in [3.05, 3.63) is 0 Å². The molecule has 16 heavy (non-hydrogen) atoms. The van der Waals surface area contributed by atoms with Crippen LogP contribution in [-0.2, 0) is 14.3 Å². The second-order valence-electron chi connectivity index (χ2n) is 4.23. The van der Waals surface area contributed by atoms with E-state index in [4.69, 9.17) is 9.84 Å². The Morgan fingerprint density at radius 2 is 2.19 bits per heavy atom. The van der Waals surface area contributed by atoms with Crippen molar-refractivity contribution in [2.45, 2.75) is 32.8 Å². The van der Waals surface area contributed by atoms with Gasteiger partial charge in [0.25, 0.3) is 0 Å². The molecular formula is C11H19NO4. The number of ether oxygens (including phenoxy) is 1. The van der Waals surface area contributed by atoms with E-state index in [9.17, 15) is 9.59 Å². The summed E-state index contributed by atoms with van der Waals surface area (Å²) >= 11 is 0. The number of aliphatic carboxylic acids is 1. The quantitative estimate of drug-likeness (QED) is 0.755. The number of hydrogen-bond acceptors (Lipinski definition) is 3. The molecule has 0 aliphatic carbocycles. The summed E-state index contributed by atoms with van der Waals surface area (Å²) in [4.78, 5) is 24.1. The van der Waals surface area contributed by atoms with Gasteiger partial charge in [-0.05, 0) is 19.8 Å². The highest BCUT2D eigenvalue weighted by molar-refractivity contribution is 5.83. The van der Waals surface area contributed by atoms with Crippen LogP contribution in [0.25, 0.3) is 0 Å². The molecule has 1 fully saturated rings. The molecule has 0 spiro atoms. The summed E-state index contributed by atoms with van der Waals surface area (Å²) in [5.74, 6) is -1.22. The van der Waals surface area contributed by atoms with Crippen LogP contribution in [0.3, 0.4) is 0 Å². The Morgan fingerprint density at radius 3 is 2.62 bits per heavy atom. The Hall–Kier alpha value is -1.10. The van der Waals surface area contributed by atoms with Crippen molar-refractivity contribution in [1.29, 1.82) is 0 Å². The standard InChI is InChI=1S/C11H19NO4/c1-3-4-12(6-10(13)14)11(15)9-5-8(2)16-7-9/h8-9H,3-7H2,1-2H3,(H,13,14). The van der Waals surface area contributed by atoms with Crippen LogP contribution in [0.5, 0.6) is 0 Å². The number of carbonyl (C=O) groups excluding carboxylic acids is 1. The second-order valence-corrected chi connectivity index (χ2v) is 4.23. The molecular weight excluding hydrogens is 210 g/mol. The Morgan fingerprint density at radius 1 is 1.50 bits per heavy atom. The van der Waals surface area contributed by atoms with Gasteiger partial charge in [-0.25, -0.2) is 0 Å². The molecule has 1 aliphatic heterocycles. The van der Waals surface area contributed by atoms with E-state index >= 15 is 0 Å². The van der Waals surface area contributed by atoms with Crippen molar-refractivity contribution in [1.82, 2.24) is 4.90 Å². The molecule has 0 radical (unpaired) electrons. The van der Waals surface area contributed by atoms with Gasteiger partial charge < -0.3 is 14.7 Å². The van der Waals surface area contributed by atoms with Crippen LogP contribution < -0.4 is 0 Å². The molecule has 5 heteroatoms. The third kappa shape index (κ3) is 3.48. The third-order valence-corrected chi connectivity index (χ3v) is 2.68. The van der Waals surface area contributed by atoms with E-state index in [1.165, 1.54) is 4.90 Å². The summed E-state index contributed by atoms with van der Waals surface area (Å²) < 4.78 is 5.32. The first-order chi connectivity index (χ1) is 7.54.